The van der Waals surface area contributed by atoms with Gasteiger partial charge in [-0.2, -0.15) is 0 Å². The molecule has 0 amide bonds. The lowest BCUT2D eigenvalue weighted by Crippen LogP contribution is -2.49. The summed E-state index contributed by atoms with van der Waals surface area (Å²) >= 11 is 0. The van der Waals surface area contributed by atoms with E-state index in [1.807, 2.05) is 12.1 Å². The Morgan fingerprint density at radius 2 is 2.00 bits per heavy atom. The van der Waals surface area contributed by atoms with Crippen molar-refractivity contribution in [3.8, 4) is 5.75 Å². The molecule has 0 spiro atoms. The van der Waals surface area contributed by atoms with Crippen LogP contribution in [0.1, 0.15) is 39.5 Å². The molecule has 1 heterocycles. The SMILES string of the molecule is C=C1CCC2C(C)C(=O)CCC2(C)C1COc1ccc2ccc(=O)oc2c1. The van der Waals surface area contributed by atoms with Crippen molar-refractivity contribution < 1.29 is 13.9 Å². The maximum atomic E-state index is 12.2. The summed E-state index contributed by atoms with van der Waals surface area (Å²) in [6.07, 6.45) is 3.55. The third-order valence-electron chi connectivity index (χ3n) is 6.95. The molecule has 0 radical (unpaired) electrons. The van der Waals surface area contributed by atoms with Gasteiger partial charge < -0.3 is 9.15 Å². The van der Waals surface area contributed by atoms with E-state index in [0.717, 1.165) is 24.6 Å². The van der Waals surface area contributed by atoms with E-state index in [1.54, 1.807) is 12.1 Å². The zero-order valence-electron chi connectivity index (χ0n) is 16.0. The average molecular weight is 366 g/mol. The van der Waals surface area contributed by atoms with Gasteiger partial charge in [-0.3, -0.25) is 4.79 Å². The second-order valence-corrected chi connectivity index (χ2v) is 8.38. The smallest absolute Gasteiger partial charge is 0.336 e. The molecule has 2 saturated carbocycles. The summed E-state index contributed by atoms with van der Waals surface area (Å²) in [5, 5.41) is 0.871. The highest BCUT2D eigenvalue weighted by Gasteiger charge is 2.51. The summed E-state index contributed by atoms with van der Waals surface area (Å²) in [6.45, 7) is 9.25. The maximum absolute atomic E-state index is 12.2. The molecule has 0 saturated heterocycles. The van der Waals surface area contributed by atoms with Gasteiger partial charge in [0.05, 0.1) is 6.61 Å². The van der Waals surface area contributed by atoms with Gasteiger partial charge in [-0.05, 0) is 48.8 Å². The second-order valence-electron chi connectivity index (χ2n) is 8.38. The third-order valence-corrected chi connectivity index (χ3v) is 6.95. The molecule has 2 aromatic rings. The molecule has 4 heteroatoms. The van der Waals surface area contributed by atoms with Gasteiger partial charge in [0.25, 0.3) is 0 Å². The van der Waals surface area contributed by atoms with E-state index in [0.29, 0.717) is 36.1 Å². The van der Waals surface area contributed by atoms with Crippen LogP contribution in [-0.4, -0.2) is 12.4 Å². The van der Waals surface area contributed by atoms with Crippen molar-refractivity contribution in [3.63, 3.8) is 0 Å². The van der Waals surface area contributed by atoms with Crippen molar-refractivity contribution in [2.45, 2.75) is 39.5 Å². The number of carbonyl (C=O) groups is 1. The van der Waals surface area contributed by atoms with Crippen LogP contribution in [0.5, 0.6) is 5.75 Å². The van der Waals surface area contributed by atoms with Gasteiger partial charge in [0, 0.05) is 35.8 Å². The van der Waals surface area contributed by atoms with Crippen molar-refractivity contribution in [2.24, 2.45) is 23.2 Å². The summed E-state index contributed by atoms with van der Waals surface area (Å²) in [5.41, 5.74) is 1.44. The zero-order chi connectivity index (χ0) is 19.2. The van der Waals surface area contributed by atoms with Gasteiger partial charge in [0.15, 0.2) is 0 Å². The highest BCUT2D eigenvalue weighted by Crippen LogP contribution is 2.55. The van der Waals surface area contributed by atoms with Crippen LogP contribution in [0.3, 0.4) is 0 Å². The van der Waals surface area contributed by atoms with Gasteiger partial charge in [0.2, 0.25) is 0 Å². The number of Topliss-reactive ketones (excluding diaryl/α,β-unsaturated/α-hetero) is 1. The van der Waals surface area contributed by atoms with E-state index < -0.39 is 0 Å². The summed E-state index contributed by atoms with van der Waals surface area (Å²) in [4.78, 5) is 23.7. The predicted octanol–water partition coefficient (Wildman–Crippen LogP) is 4.76. The Labute approximate surface area is 159 Å². The van der Waals surface area contributed by atoms with Gasteiger partial charge in [0.1, 0.15) is 17.1 Å². The lowest BCUT2D eigenvalue weighted by Gasteiger charge is -2.53. The van der Waals surface area contributed by atoms with E-state index in [4.69, 9.17) is 9.15 Å². The molecular formula is C23H26O4. The molecule has 1 aromatic heterocycles. The lowest BCUT2D eigenvalue weighted by atomic mass is 9.51. The number of ether oxygens (including phenoxy) is 1. The molecule has 2 fully saturated rings. The second kappa shape index (κ2) is 6.66. The fraction of sp³-hybridized carbons (Fsp3) is 0.478. The molecule has 4 unspecified atom stereocenters. The minimum Gasteiger partial charge on any atom is -0.493 e. The van der Waals surface area contributed by atoms with E-state index in [9.17, 15) is 9.59 Å². The molecule has 27 heavy (non-hydrogen) atoms. The Kier molecular flexibility index (Phi) is 4.45. The minimum atomic E-state index is -0.364. The molecule has 2 aliphatic carbocycles. The van der Waals surface area contributed by atoms with Crippen LogP contribution >= 0.6 is 0 Å². The zero-order valence-corrected chi connectivity index (χ0v) is 16.0. The molecule has 0 N–H and O–H groups in total. The van der Waals surface area contributed by atoms with E-state index in [2.05, 4.69) is 20.4 Å². The minimum absolute atomic E-state index is 0.0477. The first kappa shape index (κ1) is 18.0. The molecule has 4 nitrogen and oxygen atoms in total. The Balaban J connectivity index is 1.56. The summed E-state index contributed by atoms with van der Waals surface area (Å²) in [6, 6.07) is 8.74. The first-order chi connectivity index (χ1) is 12.9. The first-order valence-electron chi connectivity index (χ1n) is 9.75. The fourth-order valence-electron chi connectivity index (χ4n) is 5.21. The molecule has 2 aliphatic rings. The van der Waals surface area contributed by atoms with Crippen molar-refractivity contribution in [3.05, 3.63) is 52.9 Å². The van der Waals surface area contributed by atoms with Crippen LogP contribution in [0, 0.1) is 23.2 Å². The Hall–Kier alpha value is -2.36. The number of rotatable bonds is 3. The van der Waals surface area contributed by atoms with E-state index in [-0.39, 0.29) is 22.9 Å². The van der Waals surface area contributed by atoms with Crippen LogP contribution in [-0.2, 0) is 4.79 Å². The van der Waals surface area contributed by atoms with Crippen molar-refractivity contribution >= 4 is 16.8 Å². The number of hydrogen-bond acceptors (Lipinski definition) is 4. The van der Waals surface area contributed by atoms with Crippen molar-refractivity contribution in [2.75, 3.05) is 6.61 Å². The number of hydrogen-bond donors (Lipinski definition) is 0. The van der Waals surface area contributed by atoms with Crippen LogP contribution in [0.2, 0.25) is 0 Å². The molecule has 142 valence electrons. The van der Waals surface area contributed by atoms with Gasteiger partial charge in [-0.15, -0.1) is 0 Å². The maximum Gasteiger partial charge on any atom is 0.336 e. The van der Waals surface area contributed by atoms with Crippen LogP contribution < -0.4 is 10.4 Å². The molecular weight excluding hydrogens is 340 g/mol. The standard InChI is InChI=1S/C23H26O4/c1-14-4-8-18-15(2)20(24)10-11-23(18,3)19(14)13-26-17-7-5-16-6-9-22(25)27-21(16)12-17/h5-7,9,12,15,18-19H,1,4,8,10-11,13H2,2-3H3. The predicted molar refractivity (Wildman–Crippen MR) is 105 cm³/mol. The normalized spacial score (nSPS) is 31.0. The summed E-state index contributed by atoms with van der Waals surface area (Å²) in [5.74, 6) is 1.83. The number of carbonyl (C=O) groups excluding carboxylic acids is 1. The topological polar surface area (TPSA) is 56.5 Å². The summed E-state index contributed by atoms with van der Waals surface area (Å²) in [7, 11) is 0. The molecule has 0 bridgehead atoms. The van der Waals surface area contributed by atoms with Gasteiger partial charge >= 0.3 is 5.63 Å². The Morgan fingerprint density at radius 3 is 2.81 bits per heavy atom. The molecule has 4 rings (SSSR count). The van der Waals surface area contributed by atoms with Crippen molar-refractivity contribution in [1.82, 2.24) is 0 Å². The molecule has 4 atom stereocenters. The number of fused-ring (bicyclic) bond motifs is 2. The van der Waals surface area contributed by atoms with Crippen molar-refractivity contribution in [1.29, 1.82) is 0 Å². The van der Waals surface area contributed by atoms with Crippen LogP contribution in [0.25, 0.3) is 11.0 Å². The largest absolute Gasteiger partial charge is 0.493 e. The molecule has 0 aliphatic heterocycles. The average Bonchev–Trinajstić information content (AvgIpc) is 2.64. The summed E-state index contributed by atoms with van der Waals surface area (Å²) < 4.78 is 11.4. The van der Waals surface area contributed by atoms with E-state index in [1.165, 1.54) is 11.6 Å². The highest BCUT2D eigenvalue weighted by atomic mass is 16.5. The third kappa shape index (κ3) is 3.11. The van der Waals surface area contributed by atoms with Gasteiger partial charge in [-0.1, -0.05) is 26.0 Å². The number of benzene rings is 1. The highest BCUT2D eigenvalue weighted by molar-refractivity contribution is 5.82. The quantitative estimate of drug-likeness (QED) is 0.580. The lowest BCUT2D eigenvalue weighted by molar-refractivity contribution is -0.134. The number of ketones is 1. The Bertz CT molecular complexity index is 956. The first-order valence-corrected chi connectivity index (χ1v) is 9.75. The van der Waals surface area contributed by atoms with Crippen LogP contribution in [0.15, 0.2) is 51.7 Å². The fourth-order valence-corrected chi connectivity index (χ4v) is 5.21. The van der Waals surface area contributed by atoms with Gasteiger partial charge in [-0.25, -0.2) is 4.79 Å². The van der Waals surface area contributed by atoms with E-state index >= 15 is 0 Å². The monoisotopic (exact) mass is 366 g/mol. The molecule has 1 aromatic carbocycles. The van der Waals surface area contributed by atoms with Crippen LogP contribution in [0.4, 0.5) is 0 Å². The Morgan fingerprint density at radius 1 is 1.22 bits per heavy atom.